The standard InChI is InChI=1S/C24H23BrN4O2/c25-18-7-5-16(6-8-18)21-13-22(28-27-21)24(31)29(20-11-12-20)14-15-1-3-17(4-2-15)23(30)26-19-9-10-19/h1-8,13,19-20H,9-12,14H2,(H,26,30)(H,27,28). The lowest BCUT2D eigenvalue weighted by atomic mass is 10.1. The highest BCUT2D eigenvalue weighted by Gasteiger charge is 2.34. The van der Waals surface area contributed by atoms with Gasteiger partial charge in [-0.1, -0.05) is 40.2 Å². The largest absolute Gasteiger partial charge is 0.349 e. The van der Waals surface area contributed by atoms with Crippen molar-refractivity contribution in [2.75, 3.05) is 0 Å². The lowest BCUT2D eigenvalue weighted by Gasteiger charge is -2.22. The Morgan fingerprint density at radius 2 is 1.74 bits per heavy atom. The fourth-order valence-electron chi connectivity index (χ4n) is 3.56. The third kappa shape index (κ3) is 4.71. The molecule has 5 rings (SSSR count). The number of hydrogen-bond acceptors (Lipinski definition) is 3. The minimum Gasteiger partial charge on any atom is -0.349 e. The zero-order valence-electron chi connectivity index (χ0n) is 17.0. The number of aromatic nitrogens is 2. The van der Waals surface area contributed by atoms with E-state index < -0.39 is 0 Å². The molecule has 2 fully saturated rings. The predicted molar refractivity (Wildman–Crippen MR) is 122 cm³/mol. The van der Waals surface area contributed by atoms with Gasteiger partial charge in [0.25, 0.3) is 11.8 Å². The molecule has 1 heterocycles. The summed E-state index contributed by atoms with van der Waals surface area (Å²) in [7, 11) is 0. The fraction of sp³-hybridized carbons (Fsp3) is 0.292. The third-order valence-corrected chi connectivity index (χ3v) is 6.21. The maximum atomic E-state index is 13.2. The number of amides is 2. The Bertz CT molecular complexity index is 1100. The summed E-state index contributed by atoms with van der Waals surface area (Å²) in [6.07, 6.45) is 4.17. The van der Waals surface area contributed by atoms with Crippen molar-refractivity contribution in [3.63, 3.8) is 0 Å². The molecular weight excluding hydrogens is 456 g/mol. The number of carbonyl (C=O) groups is 2. The third-order valence-electron chi connectivity index (χ3n) is 5.68. The van der Waals surface area contributed by atoms with Crippen LogP contribution in [0, 0.1) is 0 Å². The number of carbonyl (C=O) groups excluding carboxylic acids is 2. The molecule has 31 heavy (non-hydrogen) atoms. The van der Waals surface area contributed by atoms with E-state index in [1.807, 2.05) is 59.5 Å². The fourth-order valence-corrected chi connectivity index (χ4v) is 3.83. The number of hydrogen-bond donors (Lipinski definition) is 2. The highest BCUT2D eigenvalue weighted by atomic mass is 79.9. The Hall–Kier alpha value is -2.93. The van der Waals surface area contributed by atoms with Crippen LogP contribution in [-0.4, -0.2) is 39.0 Å². The molecule has 2 aliphatic rings. The molecule has 1 aromatic heterocycles. The lowest BCUT2D eigenvalue weighted by molar-refractivity contribution is 0.0723. The maximum absolute atomic E-state index is 13.2. The summed E-state index contributed by atoms with van der Waals surface area (Å²) in [5, 5.41) is 10.2. The summed E-state index contributed by atoms with van der Waals surface area (Å²) in [6, 6.07) is 17.8. The van der Waals surface area contributed by atoms with Crippen LogP contribution in [-0.2, 0) is 6.54 Å². The smallest absolute Gasteiger partial charge is 0.272 e. The molecule has 7 heteroatoms. The number of aromatic amines is 1. The Labute approximate surface area is 189 Å². The molecule has 0 atom stereocenters. The zero-order chi connectivity index (χ0) is 21.4. The van der Waals surface area contributed by atoms with E-state index in [0.29, 0.717) is 23.8 Å². The van der Waals surface area contributed by atoms with E-state index in [2.05, 4.69) is 31.4 Å². The molecule has 2 saturated carbocycles. The molecule has 0 saturated heterocycles. The van der Waals surface area contributed by atoms with Crippen LogP contribution in [0.2, 0.25) is 0 Å². The summed E-state index contributed by atoms with van der Waals surface area (Å²) >= 11 is 3.43. The molecule has 0 bridgehead atoms. The number of H-pyrrole nitrogens is 1. The van der Waals surface area contributed by atoms with Crippen molar-refractivity contribution in [3.05, 3.63) is 75.9 Å². The van der Waals surface area contributed by atoms with Gasteiger partial charge < -0.3 is 10.2 Å². The van der Waals surface area contributed by atoms with Crippen LogP contribution in [0.4, 0.5) is 0 Å². The van der Waals surface area contributed by atoms with Gasteiger partial charge in [0.15, 0.2) is 0 Å². The maximum Gasteiger partial charge on any atom is 0.272 e. The van der Waals surface area contributed by atoms with E-state index in [4.69, 9.17) is 0 Å². The SMILES string of the molecule is O=C(NC1CC1)c1ccc(CN(C(=O)c2cc(-c3ccc(Br)cc3)n[nH]2)C2CC2)cc1. The topological polar surface area (TPSA) is 78.1 Å². The molecule has 0 radical (unpaired) electrons. The Balaban J connectivity index is 1.29. The van der Waals surface area contributed by atoms with Crippen molar-refractivity contribution >= 4 is 27.7 Å². The van der Waals surface area contributed by atoms with Crippen LogP contribution in [0.25, 0.3) is 11.3 Å². The zero-order valence-corrected chi connectivity index (χ0v) is 18.6. The van der Waals surface area contributed by atoms with E-state index in [-0.39, 0.29) is 17.9 Å². The number of halogens is 1. The van der Waals surface area contributed by atoms with E-state index in [1.165, 1.54) is 0 Å². The molecule has 6 nitrogen and oxygen atoms in total. The predicted octanol–water partition coefficient (Wildman–Crippen LogP) is 4.54. The first-order valence-corrected chi connectivity index (χ1v) is 11.4. The van der Waals surface area contributed by atoms with Crippen molar-refractivity contribution in [3.8, 4) is 11.3 Å². The van der Waals surface area contributed by atoms with Gasteiger partial charge in [-0.15, -0.1) is 0 Å². The van der Waals surface area contributed by atoms with Crippen molar-refractivity contribution in [1.29, 1.82) is 0 Å². The first-order valence-electron chi connectivity index (χ1n) is 10.6. The molecule has 0 aliphatic heterocycles. The van der Waals surface area contributed by atoms with Gasteiger partial charge in [-0.2, -0.15) is 5.10 Å². The van der Waals surface area contributed by atoms with E-state index >= 15 is 0 Å². The summed E-state index contributed by atoms with van der Waals surface area (Å²) in [5.74, 6) is -0.0731. The van der Waals surface area contributed by atoms with E-state index in [0.717, 1.165) is 47.0 Å². The molecule has 2 N–H and O–H groups in total. The molecule has 2 aromatic carbocycles. The first-order chi connectivity index (χ1) is 15.1. The second-order valence-electron chi connectivity index (χ2n) is 8.28. The average molecular weight is 479 g/mol. The minimum absolute atomic E-state index is 0.0258. The summed E-state index contributed by atoms with van der Waals surface area (Å²) in [5.41, 5.74) is 3.86. The molecule has 0 spiro atoms. The highest BCUT2D eigenvalue weighted by Crippen LogP contribution is 2.30. The second-order valence-corrected chi connectivity index (χ2v) is 9.20. The van der Waals surface area contributed by atoms with E-state index in [1.54, 1.807) is 0 Å². The monoisotopic (exact) mass is 478 g/mol. The van der Waals surface area contributed by atoms with Crippen LogP contribution < -0.4 is 5.32 Å². The van der Waals surface area contributed by atoms with Gasteiger partial charge in [0.2, 0.25) is 0 Å². The van der Waals surface area contributed by atoms with Gasteiger partial charge in [-0.25, -0.2) is 0 Å². The van der Waals surface area contributed by atoms with Crippen LogP contribution in [0.5, 0.6) is 0 Å². The molecule has 3 aromatic rings. The normalized spacial score (nSPS) is 15.5. The van der Waals surface area contributed by atoms with Crippen molar-refractivity contribution in [2.24, 2.45) is 0 Å². The molecule has 2 aliphatic carbocycles. The van der Waals surface area contributed by atoms with Gasteiger partial charge in [0, 0.05) is 34.2 Å². The van der Waals surface area contributed by atoms with Crippen molar-refractivity contribution < 1.29 is 9.59 Å². The first kappa shape index (κ1) is 20.0. The van der Waals surface area contributed by atoms with Crippen LogP contribution >= 0.6 is 15.9 Å². The van der Waals surface area contributed by atoms with Gasteiger partial charge >= 0.3 is 0 Å². The summed E-state index contributed by atoms with van der Waals surface area (Å²) in [6.45, 7) is 0.515. The van der Waals surface area contributed by atoms with Gasteiger partial charge in [-0.05, 0) is 61.6 Å². The number of rotatable bonds is 7. The van der Waals surface area contributed by atoms with Crippen LogP contribution in [0.15, 0.2) is 59.1 Å². The molecule has 2 amide bonds. The summed E-state index contributed by atoms with van der Waals surface area (Å²) in [4.78, 5) is 27.3. The number of benzene rings is 2. The molecule has 158 valence electrons. The lowest BCUT2D eigenvalue weighted by Crippen LogP contribution is -2.33. The van der Waals surface area contributed by atoms with Gasteiger partial charge in [-0.3, -0.25) is 14.7 Å². The highest BCUT2D eigenvalue weighted by molar-refractivity contribution is 9.10. The van der Waals surface area contributed by atoms with E-state index in [9.17, 15) is 9.59 Å². The number of nitrogens with zero attached hydrogens (tertiary/aromatic N) is 2. The second kappa shape index (κ2) is 8.30. The minimum atomic E-state index is -0.0473. The van der Waals surface area contributed by atoms with Crippen LogP contribution in [0.1, 0.15) is 52.1 Å². The molecular formula is C24H23BrN4O2. The Morgan fingerprint density at radius 1 is 1.03 bits per heavy atom. The molecule has 0 unspecified atom stereocenters. The quantitative estimate of drug-likeness (QED) is 0.523. The van der Waals surface area contributed by atoms with Gasteiger partial charge in [0.1, 0.15) is 5.69 Å². The average Bonchev–Trinajstić information content (AvgIpc) is 3.72. The van der Waals surface area contributed by atoms with Crippen LogP contribution in [0.3, 0.4) is 0 Å². The van der Waals surface area contributed by atoms with Crippen molar-refractivity contribution in [1.82, 2.24) is 20.4 Å². The van der Waals surface area contributed by atoms with Crippen molar-refractivity contribution in [2.45, 2.75) is 44.3 Å². The Morgan fingerprint density at radius 3 is 2.39 bits per heavy atom. The van der Waals surface area contributed by atoms with Gasteiger partial charge in [0.05, 0.1) is 5.69 Å². The summed E-state index contributed by atoms with van der Waals surface area (Å²) < 4.78 is 0.999. The Kier molecular flexibility index (Phi) is 5.36. The number of nitrogens with one attached hydrogen (secondary N) is 2.